The predicted molar refractivity (Wildman–Crippen MR) is 132 cm³/mol. The Bertz CT molecular complexity index is 1190. The first-order valence-electron chi connectivity index (χ1n) is 11.6. The molecule has 1 aliphatic rings. The van der Waals surface area contributed by atoms with Crippen molar-refractivity contribution < 1.29 is 19.4 Å². The molecule has 0 bridgehead atoms. The summed E-state index contributed by atoms with van der Waals surface area (Å²) in [5, 5.41) is 17.2. The van der Waals surface area contributed by atoms with E-state index in [9.17, 15) is 14.7 Å². The number of pyridine rings is 1. The van der Waals surface area contributed by atoms with Crippen LogP contribution in [-0.2, 0) is 16.1 Å². The highest BCUT2D eigenvalue weighted by Crippen LogP contribution is 2.36. The molecule has 1 aromatic carbocycles. The van der Waals surface area contributed by atoms with Gasteiger partial charge in [0.15, 0.2) is 5.69 Å². The number of methoxy groups -OCH3 is 1. The van der Waals surface area contributed by atoms with Crippen LogP contribution in [0.25, 0.3) is 11.0 Å². The summed E-state index contributed by atoms with van der Waals surface area (Å²) in [6.07, 6.45) is 3.94. The van der Waals surface area contributed by atoms with E-state index in [-0.39, 0.29) is 23.6 Å². The van der Waals surface area contributed by atoms with E-state index < -0.39 is 11.6 Å². The summed E-state index contributed by atoms with van der Waals surface area (Å²) in [4.78, 5) is 30.3. The first kappa shape index (κ1) is 23.8. The lowest BCUT2D eigenvalue weighted by Gasteiger charge is -2.23. The second-order valence-corrected chi connectivity index (χ2v) is 9.71. The molecule has 4 rings (SSSR count). The molecule has 34 heavy (non-hydrogen) atoms. The SMILES string of the molecule is COC(=O)c1c(NC(=O)C2CC2)c2cc(NC(C)CC(C)(C)O)cnc2n1Cc1ccccc1. The van der Waals surface area contributed by atoms with Gasteiger partial charge < -0.3 is 25.0 Å². The van der Waals surface area contributed by atoms with Crippen LogP contribution in [0.3, 0.4) is 0 Å². The summed E-state index contributed by atoms with van der Waals surface area (Å²) < 4.78 is 6.90. The van der Waals surface area contributed by atoms with Crippen LogP contribution in [0.15, 0.2) is 42.6 Å². The van der Waals surface area contributed by atoms with Gasteiger partial charge in [-0.2, -0.15) is 0 Å². The van der Waals surface area contributed by atoms with Gasteiger partial charge in [0.05, 0.1) is 30.3 Å². The molecule has 1 unspecified atom stereocenters. The zero-order chi connectivity index (χ0) is 24.5. The summed E-state index contributed by atoms with van der Waals surface area (Å²) in [7, 11) is 1.33. The lowest BCUT2D eigenvalue weighted by molar-refractivity contribution is -0.117. The Morgan fingerprint density at radius 3 is 2.59 bits per heavy atom. The first-order valence-corrected chi connectivity index (χ1v) is 11.6. The van der Waals surface area contributed by atoms with Crippen molar-refractivity contribution in [2.24, 2.45) is 5.92 Å². The van der Waals surface area contributed by atoms with Crippen molar-refractivity contribution >= 4 is 34.3 Å². The van der Waals surface area contributed by atoms with Crippen LogP contribution >= 0.6 is 0 Å². The standard InChI is InChI=1S/C26H32N4O4/c1-16(13-26(2,3)33)28-19-12-20-21(29-24(31)18-10-11-18)22(25(32)34-4)30(23(20)27-14-19)15-17-8-6-5-7-9-17/h5-9,12,14,16,18,28,33H,10-11,13,15H2,1-4H3,(H,29,31). The Labute approximate surface area is 199 Å². The van der Waals surface area contributed by atoms with E-state index >= 15 is 0 Å². The molecule has 8 heteroatoms. The number of carbonyl (C=O) groups is 2. The maximum atomic E-state index is 12.9. The van der Waals surface area contributed by atoms with Gasteiger partial charge in [-0.1, -0.05) is 30.3 Å². The lowest BCUT2D eigenvalue weighted by atomic mass is 10.0. The van der Waals surface area contributed by atoms with E-state index in [0.29, 0.717) is 29.7 Å². The average molecular weight is 465 g/mol. The third kappa shape index (κ3) is 5.39. The molecule has 8 nitrogen and oxygen atoms in total. The topological polar surface area (TPSA) is 105 Å². The van der Waals surface area contributed by atoms with E-state index in [1.165, 1.54) is 7.11 Å². The Hall–Kier alpha value is -3.39. The molecule has 0 radical (unpaired) electrons. The highest BCUT2D eigenvalue weighted by atomic mass is 16.5. The van der Waals surface area contributed by atoms with Gasteiger partial charge in [-0.15, -0.1) is 0 Å². The maximum Gasteiger partial charge on any atom is 0.356 e. The van der Waals surface area contributed by atoms with Crippen LogP contribution in [0.2, 0.25) is 0 Å². The second-order valence-electron chi connectivity index (χ2n) is 9.71. The van der Waals surface area contributed by atoms with Crippen LogP contribution in [0.1, 0.15) is 56.1 Å². The molecule has 3 N–H and O–H groups in total. The Morgan fingerprint density at radius 1 is 1.26 bits per heavy atom. The van der Waals surface area contributed by atoms with E-state index in [4.69, 9.17) is 4.74 Å². The number of rotatable bonds is 9. The number of carbonyl (C=O) groups excluding carboxylic acids is 2. The molecule has 1 atom stereocenters. The van der Waals surface area contributed by atoms with Crippen molar-refractivity contribution in [3.8, 4) is 0 Å². The highest BCUT2D eigenvalue weighted by Gasteiger charge is 2.33. The molecule has 180 valence electrons. The number of aliphatic hydroxyl groups is 1. The van der Waals surface area contributed by atoms with Crippen LogP contribution in [0, 0.1) is 5.92 Å². The quantitative estimate of drug-likeness (QED) is 0.410. The molecule has 2 heterocycles. The van der Waals surface area contributed by atoms with Crippen molar-refractivity contribution in [1.29, 1.82) is 0 Å². The third-order valence-corrected chi connectivity index (χ3v) is 5.88. The molecule has 1 aliphatic carbocycles. The van der Waals surface area contributed by atoms with Crippen LogP contribution in [-0.4, -0.2) is 45.3 Å². The average Bonchev–Trinajstić information content (AvgIpc) is 3.59. The molecule has 0 aliphatic heterocycles. The van der Waals surface area contributed by atoms with Gasteiger partial charge >= 0.3 is 5.97 Å². The minimum Gasteiger partial charge on any atom is -0.464 e. The van der Waals surface area contributed by atoms with E-state index in [1.807, 2.05) is 43.3 Å². The first-order chi connectivity index (χ1) is 16.2. The summed E-state index contributed by atoms with van der Waals surface area (Å²) in [5.74, 6) is -0.665. The Kier molecular flexibility index (Phi) is 6.61. The normalized spacial score (nSPS) is 14.6. The minimum atomic E-state index is -0.815. The van der Waals surface area contributed by atoms with Crippen LogP contribution in [0.5, 0.6) is 0 Å². The van der Waals surface area contributed by atoms with Gasteiger partial charge in [0, 0.05) is 23.9 Å². The van der Waals surface area contributed by atoms with Crippen molar-refractivity contribution in [3.05, 3.63) is 53.9 Å². The lowest BCUT2D eigenvalue weighted by Crippen LogP contribution is -2.29. The maximum absolute atomic E-state index is 12.9. The van der Waals surface area contributed by atoms with Gasteiger partial charge in [-0.25, -0.2) is 9.78 Å². The van der Waals surface area contributed by atoms with Crippen molar-refractivity contribution in [2.45, 2.75) is 58.2 Å². The number of anilines is 2. The van der Waals surface area contributed by atoms with Gasteiger partial charge in [-0.05, 0) is 51.7 Å². The summed E-state index contributed by atoms with van der Waals surface area (Å²) >= 11 is 0. The summed E-state index contributed by atoms with van der Waals surface area (Å²) in [6, 6.07) is 11.6. The second kappa shape index (κ2) is 9.46. The number of nitrogens with zero attached hydrogens (tertiary/aromatic N) is 2. The van der Waals surface area contributed by atoms with Crippen molar-refractivity contribution in [3.63, 3.8) is 0 Å². The van der Waals surface area contributed by atoms with Gasteiger partial charge in [-0.3, -0.25) is 4.79 Å². The number of ether oxygens (including phenoxy) is 1. The molecule has 1 saturated carbocycles. The summed E-state index contributed by atoms with van der Waals surface area (Å²) in [6.45, 7) is 5.92. The molecule has 0 spiro atoms. The number of hydrogen-bond acceptors (Lipinski definition) is 6. The van der Waals surface area contributed by atoms with E-state index in [0.717, 1.165) is 24.1 Å². The number of fused-ring (bicyclic) bond motifs is 1. The number of nitrogens with one attached hydrogen (secondary N) is 2. The fourth-order valence-corrected chi connectivity index (χ4v) is 4.32. The minimum absolute atomic E-state index is 0.0183. The fraction of sp³-hybridized carbons (Fsp3) is 0.423. The monoisotopic (exact) mass is 464 g/mol. The van der Waals surface area contributed by atoms with Gasteiger partial charge in [0.25, 0.3) is 0 Å². The smallest absolute Gasteiger partial charge is 0.356 e. The Balaban J connectivity index is 1.81. The van der Waals surface area contributed by atoms with Crippen LogP contribution < -0.4 is 10.6 Å². The van der Waals surface area contributed by atoms with Crippen molar-refractivity contribution in [1.82, 2.24) is 9.55 Å². The van der Waals surface area contributed by atoms with Gasteiger partial charge in [0.1, 0.15) is 5.65 Å². The zero-order valence-corrected chi connectivity index (χ0v) is 20.1. The van der Waals surface area contributed by atoms with E-state index in [2.05, 4.69) is 15.6 Å². The number of benzene rings is 1. The molecule has 1 amide bonds. The number of hydrogen-bond donors (Lipinski definition) is 3. The number of esters is 1. The van der Waals surface area contributed by atoms with Crippen molar-refractivity contribution in [2.75, 3.05) is 17.7 Å². The summed E-state index contributed by atoms with van der Waals surface area (Å²) in [5.41, 5.74) is 2.18. The van der Waals surface area contributed by atoms with E-state index in [1.54, 1.807) is 24.6 Å². The number of aromatic nitrogens is 2. The van der Waals surface area contributed by atoms with Gasteiger partial charge in [0.2, 0.25) is 5.91 Å². The Morgan fingerprint density at radius 2 is 1.97 bits per heavy atom. The molecule has 1 fully saturated rings. The molecular formula is C26H32N4O4. The molecular weight excluding hydrogens is 432 g/mol. The van der Waals surface area contributed by atoms with Crippen LogP contribution in [0.4, 0.5) is 11.4 Å². The largest absolute Gasteiger partial charge is 0.464 e. The number of amides is 1. The zero-order valence-electron chi connectivity index (χ0n) is 20.1. The fourth-order valence-electron chi connectivity index (χ4n) is 4.32. The highest BCUT2D eigenvalue weighted by molar-refractivity contribution is 6.11. The molecule has 3 aromatic rings. The molecule has 0 saturated heterocycles. The predicted octanol–water partition coefficient (Wildman–Crippen LogP) is 4.18. The third-order valence-electron chi connectivity index (χ3n) is 5.88. The molecule has 2 aromatic heterocycles.